The lowest BCUT2D eigenvalue weighted by Crippen LogP contribution is -2.52. The number of nitrogens with zero attached hydrogens (tertiary/aromatic N) is 3. The number of fused-ring (bicyclic) bond motifs is 2. The molecule has 11 heteroatoms. The van der Waals surface area contributed by atoms with Gasteiger partial charge in [-0.2, -0.15) is 0 Å². The molecule has 2 bridgehead atoms. The summed E-state index contributed by atoms with van der Waals surface area (Å²) in [6, 6.07) is 14.6. The average Bonchev–Trinajstić information content (AvgIpc) is 3.78. The lowest BCUT2D eigenvalue weighted by atomic mass is 9.95. The van der Waals surface area contributed by atoms with Crippen LogP contribution in [0.5, 0.6) is 0 Å². The molecular formula is C35H34Cl2N4O5. The average molecular weight is 662 g/mol. The van der Waals surface area contributed by atoms with Crippen molar-refractivity contribution >= 4 is 35.2 Å². The number of benzene rings is 2. The molecule has 3 aliphatic rings. The molecule has 2 aromatic carbocycles. The largest absolute Gasteiger partial charge is 0.465 e. The number of nitrogens with one attached hydrogen (secondary N) is 1. The molecule has 0 spiro atoms. The van der Waals surface area contributed by atoms with Crippen LogP contribution >= 0.6 is 23.2 Å². The fourth-order valence-electron chi connectivity index (χ4n) is 6.99. The number of ether oxygens (including phenoxy) is 2. The first-order valence-electron chi connectivity index (χ1n) is 15.6. The van der Waals surface area contributed by atoms with Gasteiger partial charge < -0.3 is 24.2 Å². The van der Waals surface area contributed by atoms with Crippen molar-refractivity contribution < 1.29 is 23.6 Å². The van der Waals surface area contributed by atoms with Crippen LogP contribution in [0.3, 0.4) is 0 Å². The van der Waals surface area contributed by atoms with Crippen LogP contribution in [-0.2, 0) is 22.6 Å². The van der Waals surface area contributed by atoms with Crippen LogP contribution < -0.4 is 5.32 Å². The standard InChI is InChI=1S/C35H34Cl2N4O5/c1-44-34(42)26-7-2-5-22(30(26)21-6-4-14-38-17-21)18-39-35(43)41-23-12-13-24(41)16-25(15-23)45-19-27-32(40-46-33(27)20-10-11-20)31-28(36)8-3-9-29(31)37/h2-9,14,17,20,23-25H,10-13,15-16,18-19H2,1H3,(H,39,43). The van der Waals surface area contributed by atoms with E-state index in [2.05, 4.69) is 15.5 Å². The second-order valence-corrected chi connectivity index (χ2v) is 13.0. The molecule has 2 unspecified atom stereocenters. The maximum atomic E-state index is 13.6. The molecule has 1 N–H and O–H groups in total. The zero-order valence-electron chi connectivity index (χ0n) is 25.4. The quantitative estimate of drug-likeness (QED) is 0.183. The monoisotopic (exact) mass is 660 g/mol. The number of pyridine rings is 1. The Kier molecular flexibility index (Phi) is 8.72. The Labute approximate surface area is 277 Å². The zero-order chi connectivity index (χ0) is 31.8. The molecule has 46 heavy (non-hydrogen) atoms. The van der Waals surface area contributed by atoms with Gasteiger partial charge in [-0.05, 0) is 68.4 Å². The highest BCUT2D eigenvalue weighted by atomic mass is 35.5. The highest BCUT2D eigenvalue weighted by Gasteiger charge is 2.44. The number of carbonyl (C=O) groups is 2. The van der Waals surface area contributed by atoms with Gasteiger partial charge in [0.15, 0.2) is 0 Å². The zero-order valence-corrected chi connectivity index (χ0v) is 26.9. The Morgan fingerprint density at radius 1 is 0.978 bits per heavy atom. The first-order chi connectivity index (χ1) is 22.4. The van der Waals surface area contributed by atoms with E-state index < -0.39 is 5.97 Å². The summed E-state index contributed by atoms with van der Waals surface area (Å²) in [5.41, 5.74) is 4.93. The lowest BCUT2D eigenvalue weighted by Gasteiger charge is -2.38. The summed E-state index contributed by atoms with van der Waals surface area (Å²) in [4.78, 5) is 32.4. The highest BCUT2D eigenvalue weighted by molar-refractivity contribution is 6.39. The van der Waals surface area contributed by atoms with Gasteiger partial charge in [-0.15, -0.1) is 0 Å². The van der Waals surface area contributed by atoms with E-state index in [9.17, 15) is 9.59 Å². The number of aromatic nitrogens is 2. The van der Waals surface area contributed by atoms with Crippen molar-refractivity contribution in [3.8, 4) is 22.4 Å². The topological polar surface area (TPSA) is 107 Å². The maximum absolute atomic E-state index is 13.6. The summed E-state index contributed by atoms with van der Waals surface area (Å²) in [5.74, 6) is 0.757. The predicted molar refractivity (Wildman–Crippen MR) is 174 cm³/mol. The van der Waals surface area contributed by atoms with E-state index in [1.165, 1.54) is 7.11 Å². The number of amides is 2. The summed E-state index contributed by atoms with van der Waals surface area (Å²) in [7, 11) is 1.36. The van der Waals surface area contributed by atoms with Gasteiger partial charge >= 0.3 is 12.0 Å². The van der Waals surface area contributed by atoms with E-state index in [4.69, 9.17) is 37.2 Å². The fraction of sp³-hybridized carbons (Fsp3) is 0.371. The number of halogens is 2. The van der Waals surface area contributed by atoms with Crippen molar-refractivity contribution in [3.05, 3.63) is 93.4 Å². The molecule has 1 saturated carbocycles. The molecule has 2 atom stereocenters. The summed E-state index contributed by atoms with van der Waals surface area (Å²) in [5, 5.41) is 8.55. The molecular weight excluding hydrogens is 627 g/mol. The maximum Gasteiger partial charge on any atom is 0.338 e. The van der Waals surface area contributed by atoms with Crippen molar-refractivity contribution in [2.45, 2.75) is 75.8 Å². The van der Waals surface area contributed by atoms with E-state index in [1.807, 2.05) is 29.2 Å². The summed E-state index contributed by atoms with van der Waals surface area (Å²) in [6.45, 7) is 0.602. The number of piperidine rings is 1. The van der Waals surface area contributed by atoms with Crippen LogP contribution in [0.4, 0.5) is 4.79 Å². The summed E-state index contributed by atoms with van der Waals surface area (Å²) < 4.78 is 17.4. The molecule has 4 aromatic rings. The predicted octanol–water partition coefficient (Wildman–Crippen LogP) is 7.80. The van der Waals surface area contributed by atoms with Crippen molar-refractivity contribution in [3.63, 3.8) is 0 Å². The number of urea groups is 1. The molecule has 7 rings (SSSR count). The van der Waals surface area contributed by atoms with E-state index in [1.54, 1.807) is 36.7 Å². The third-order valence-corrected chi connectivity index (χ3v) is 9.92. The van der Waals surface area contributed by atoms with Gasteiger partial charge in [0.25, 0.3) is 0 Å². The molecule has 2 aromatic heterocycles. The number of hydrogen-bond donors (Lipinski definition) is 1. The Balaban J connectivity index is 1.03. The minimum atomic E-state index is -0.440. The van der Waals surface area contributed by atoms with Gasteiger partial charge in [0.2, 0.25) is 0 Å². The third kappa shape index (κ3) is 5.99. The Bertz CT molecular complexity index is 1720. The summed E-state index contributed by atoms with van der Waals surface area (Å²) >= 11 is 13.1. The van der Waals surface area contributed by atoms with Gasteiger partial charge in [0, 0.05) is 59.2 Å². The number of esters is 1. The van der Waals surface area contributed by atoms with Crippen LogP contribution in [0.25, 0.3) is 22.4 Å². The minimum absolute atomic E-state index is 0.00742. The van der Waals surface area contributed by atoms with Crippen molar-refractivity contribution in [1.82, 2.24) is 20.4 Å². The first kappa shape index (κ1) is 30.7. The summed E-state index contributed by atoms with van der Waals surface area (Å²) in [6.07, 6.45) is 8.85. The van der Waals surface area contributed by atoms with Crippen LogP contribution in [0.2, 0.25) is 10.0 Å². The van der Waals surface area contributed by atoms with Crippen molar-refractivity contribution in [2.75, 3.05) is 7.11 Å². The van der Waals surface area contributed by atoms with Gasteiger partial charge in [-0.1, -0.05) is 52.6 Å². The molecule has 0 radical (unpaired) electrons. The SMILES string of the molecule is COC(=O)c1cccc(CNC(=O)N2C3CCC2CC(OCc2c(-c4c(Cl)cccc4Cl)noc2C2CC2)C3)c1-c1cccnc1. The van der Waals surface area contributed by atoms with E-state index >= 15 is 0 Å². The van der Waals surface area contributed by atoms with Crippen molar-refractivity contribution in [2.24, 2.45) is 0 Å². The molecule has 3 fully saturated rings. The van der Waals surface area contributed by atoms with Crippen LogP contribution in [0, 0.1) is 0 Å². The third-order valence-electron chi connectivity index (χ3n) is 9.29. The van der Waals surface area contributed by atoms with Gasteiger partial charge in [-0.3, -0.25) is 4.98 Å². The van der Waals surface area contributed by atoms with E-state index in [0.29, 0.717) is 45.0 Å². The molecule has 238 valence electrons. The Morgan fingerprint density at radius 3 is 2.39 bits per heavy atom. The highest BCUT2D eigenvalue weighted by Crippen LogP contribution is 2.46. The molecule has 2 saturated heterocycles. The van der Waals surface area contributed by atoms with Gasteiger partial charge in [0.1, 0.15) is 11.5 Å². The minimum Gasteiger partial charge on any atom is -0.465 e. The first-order valence-corrected chi connectivity index (χ1v) is 16.4. The van der Waals surface area contributed by atoms with E-state index in [-0.39, 0.29) is 30.8 Å². The number of hydrogen-bond acceptors (Lipinski definition) is 7. The normalized spacial score (nSPS) is 20.5. The smallest absolute Gasteiger partial charge is 0.338 e. The lowest BCUT2D eigenvalue weighted by molar-refractivity contribution is -0.0172. The number of rotatable bonds is 9. The van der Waals surface area contributed by atoms with Gasteiger partial charge in [0.05, 0.1) is 35.4 Å². The van der Waals surface area contributed by atoms with Crippen LogP contribution in [0.1, 0.15) is 71.7 Å². The van der Waals surface area contributed by atoms with Crippen molar-refractivity contribution in [1.29, 1.82) is 0 Å². The second-order valence-electron chi connectivity index (χ2n) is 12.2. The Hall–Kier alpha value is -3.92. The van der Waals surface area contributed by atoms with Crippen LogP contribution in [0.15, 0.2) is 65.4 Å². The van der Waals surface area contributed by atoms with Gasteiger partial charge in [-0.25, -0.2) is 9.59 Å². The number of methoxy groups -OCH3 is 1. The van der Waals surface area contributed by atoms with E-state index in [0.717, 1.165) is 61.0 Å². The van der Waals surface area contributed by atoms with Crippen LogP contribution in [-0.4, -0.2) is 52.3 Å². The molecule has 9 nitrogen and oxygen atoms in total. The number of carbonyl (C=O) groups excluding carboxylic acids is 2. The molecule has 2 amide bonds. The molecule has 2 aliphatic heterocycles. The molecule has 1 aliphatic carbocycles. The second kappa shape index (κ2) is 13.1. The molecule has 4 heterocycles. The Morgan fingerprint density at radius 2 is 1.72 bits per heavy atom. The fourth-order valence-corrected chi connectivity index (χ4v) is 7.56.